The fraction of sp³-hybridized carbons (Fsp3) is 0.214. The molecule has 5 heteroatoms. The number of aliphatic hydroxyl groups is 1. The van der Waals surface area contributed by atoms with Gasteiger partial charge in [0.2, 0.25) is 5.62 Å². The summed E-state index contributed by atoms with van der Waals surface area (Å²) in [6.07, 6.45) is 0.781. The van der Waals surface area contributed by atoms with Gasteiger partial charge in [-0.25, -0.2) is 0 Å². The van der Waals surface area contributed by atoms with E-state index in [0.29, 0.717) is 17.9 Å². The highest BCUT2D eigenvalue weighted by Crippen LogP contribution is 2.18. The summed E-state index contributed by atoms with van der Waals surface area (Å²) in [7, 11) is 1.85. The van der Waals surface area contributed by atoms with Crippen molar-refractivity contribution in [2.45, 2.75) is 12.6 Å². The number of para-hydroxylation sites is 2. The lowest BCUT2D eigenvalue weighted by molar-refractivity contribution is 0.130. The standard InChI is InChI=1S/C14H15N3O2/c1-16-10-5-2-3-6-11(10)17(14(16)15)9-12(18)13-7-4-8-19-13/h2-8,12,15,18H,9H2,1H3/t12-/m1/s1. The summed E-state index contributed by atoms with van der Waals surface area (Å²) in [5, 5.41) is 18.3. The molecule has 0 spiro atoms. The Labute approximate surface area is 109 Å². The van der Waals surface area contributed by atoms with Gasteiger partial charge in [0.15, 0.2) is 0 Å². The van der Waals surface area contributed by atoms with Gasteiger partial charge >= 0.3 is 0 Å². The molecule has 0 saturated carbocycles. The van der Waals surface area contributed by atoms with Crippen molar-refractivity contribution in [1.82, 2.24) is 9.13 Å². The number of hydrogen-bond acceptors (Lipinski definition) is 3. The predicted molar refractivity (Wildman–Crippen MR) is 70.4 cm³/mol. The van der Waals surface area contributed by atoms with Crippen molar-refractivity contribution < 1.29 is 9.52 Å². The van der Waals surface area contributed by atoms with E-state index >= 15 is 0 Å². The number of rotatable bonds is 3. The SMILES string of the molecule is Cn1c(=N)n(C[C@@H](O)c2ccco2)c2ccccc21. The number of aromatic nitrogens is 2. The highest BCUT2D eigenvalue weighted by molar-refractivity contribution is 5.75. The molecular formula is C14H15N3O2. The third-order valence-electron chi connectivity index (χ3n) is 3.33. The smallest absolute Gasteiger partial charge is 0.202 e. The third-order valence-corrected chi connectivity index (χ3v) is 3.33. The van der Waals surface area contributed by atoms with Crippen molar-refractivity contribution in [3.63, 3.8) is 0 Å². The number of nitrogens with zero attached hydrogens (tertiary/aromatic N) is 2. The topological polar surface area (TPSA) is 67.1 Å². The van der Waals surface area contributed by atoms with E-state index in [1.807, 2.05) is 31.3 Å². The molecule has 98 valence electrons. The summed E-state index contributed by atoms with van der Waals surface area (Å²) in [4.78, 5) is 0. The van der Waals surface area contributed by atoms with Crippen LogP contribution >= 0.6 is 0 Å². The summed E-state index contributed by atoms with van der Waals surface area (Å²) < 4.78 is 8.77. The van der Waals surface area contributed by atoms with Crippen LogP contribution in [0.3, 0.4) is 0 Å². The molecule has 2 aromatic heterocycles. The van der Waals surface area contributed by atoms with E-state index in [2.05, 4.69) is 0 Å². The van der Waals surface area contributed by atoms with Gasteiger partial charge in [0.05, 0.1) is 23.8 Å². The molecule has 3 aromatic rings. The Balaban J connectivity index is 2.06. The molecular weight excluding hydrogens is 242 g/mol. The van der Waals surface area contributed by atoms with Gasteiger partial charge < -0.3 is 18.7 Å². The lowest BCUT2D eigenvalue weighted by Crippen LogP contribution is -2.25. The molecule has 0 aliphatic carbocycles. The lowest BCUT2D eigenvalue weighted by Gasteiger charge is -2.09. The fourth-order valence-corrected chi connectivity index (χ4v) is 2.31. The maximum Gasteiger partial charge on any atom is 0.202 e. The molecule has 0 aliphatic rings. The largest absolute Gasteiger partial charge is 0.467 e. The molecule has 19 heavy (non-hydrogen) atoms. The highest BCUT2D eigenvalue weighted by atomic mass is 16.4. The molecule has 5 nitrogen and oxygen atoms in total. The Morgan fingerprint density at radius 1 is 1.21 bits per heavy atom. The monoisotopic (exact) mass is 257 g/mol. The average Bonchev–Trinajstić information content (AvgIpc) is 3.03. The zero-order chi connectivity index (χ0) is 13.4. The van der Waals surface area contributed by atoms with Gasteiger partial charge in [0, 0.05) is 7.05 Å². The van der Waals surface area contributed by atoms with Crippen molar-refractivity contribution in [3.8, 4) is 0 Å². The number of nitrogens with one attached hydrogen (secondary N) is 1. The maximum atomic E-state index is 10.1. The highest BCUT2D eigenvalue weighted by Gasteiger charge is 2.15. The first-order valence-corrected chi connectivity index (χ1v) is 6.09. The van der Waals surface area contributed by atoms with Crippen LogP contribution in [0.4, 0.5) is 0 Å². The van der Waals surface area contributed by atoms with Crippen LogP contribution in [0.25, 0.3) is 11.0 Å². The van der Waals surface area contributed by atoms with Crippen LogP contribution in [-0.2, 0) is 13.6 Å². The Morgan fingerprint density at radius 2 is 1.95 bits per heavy atom. The number of fused-ring (bicyclic) bond motifs is 1. The minimum atomic E-state index is -0.755. The van der Waals surface area contributed by atoms with Crippen LogP contribution in [0, 0.1) is 5.41 Å². The summed E-state index contributed by atoms with van der Waals surface area (Å²) in [5.74, 6) is 0.514. The zero-order valence-electron chi connectivity index (χ0n) is 10.6. The molecule has 2 N–H and O–H groups in total. The van der Waals surface area contributed by atoms with E-state index in [1.54, 1.807) is 21.3 Å². The van der Waals surface area contributed by atoms with Crippen LogP contribution in [0.15, 0.2) is 47.1 Å². The molecule has 0 unspecified atom stereocenters. The number of imidazole rings is 1. The summed E-state index contributed by atoms with van der Waals surface area (Å²) in [6.45, 7) is 0.299. The van der Waals surface area contributed by atoms with Crippen molar-refractivity contribution in [2.24, 2.45) is 7.05 Å². The third kappa shape index (κ3) is 1.88. The number of furan rings is 1. The second-order valence-electron chi connectivity index (χ2n) is 4.51. The predicted octanol–water partition coefficient (Wildman–Crippen LogP) is 1.79. The van der Waals surface area contributed by atoms with E-state index in [-0.39, 0.29) is 0 Å². The zero-order valence-corrected chi connectivity index (χ0v) is 10.6. The number of hydrogen-bond donors (Lipinski definition) is 2. The van der Waals surface area contributed by atoms with Crippen LogP contribution in [0.5, 0.6) is 0 Å². The second kappa shape index (κ2) is 4.44. The molecule has 1 aromatic carbocycles. The number of aryl methyl sites for hydroxylation is 1. The first-order chi connectivity index (χ1) is 9.18. The van der Waals surface area contributed by atoms with Crippen molar-refractivity contribution >= 4 is 11.0 Å². The van der Waals surface area contributed by atoms with Crippen LogP contribution < -0.4 is 5.62 Å². The van der Waals surface area contributed by atoms with Crippen molar-refractivity contribution in [2.75, 3.05) is 0 Å². The van der Waals surface area contributed by atoms with Gasteiger partial charge in [-0.15, -0.1) is 0 Å². The maximum absolute atomic E-state index is 10.1. The van der Waals surface area contributed by atoms with Gasteiger partial charge in [-0.1, -0.05) is 12.1 Å². The summed E-state index contributed by atoms with van der Waals surface area (Å²) in [6, 6.07) is 11.3. The molecule has 0 aliphatic heterocycles. The normalized spacial score (nSPS) is 12.9. The molecule has 1 atom stereocenters. The molecule has 2 heterocycles. The van der Waals surface area contributed by atoms with Crippen molar-refractivity contribution in [1.29, 1.82) is 5.41 Å². The van der Waals surface area contributed by atoms with Crippen LogP contribution in [0.1, 0.15) is 11.9 Å². The average molecular weight is 257 g/mol. The Morgan fingerprint density at radius 3 is 2.63 bits per heavy atom. The van der Waals surface area contributed by atoms with Gasteiger partial charge in [0.1, 0.15) is 11.9 Å². The molecule has 0 saturated heterocycles. The van der Waals surface area contributed by atoms with Gasteiger partial charge in [-0.3, -0.25) is 5.41 Å². The number of aliphatic hydroxyl groups excluding tert-OH is 1. The van der Waals surface area contributed by atoms with Gasteiger partial charge in [0.25, 0.3) is 0 Å². The van der Waals surface area contributed by atoms with Gasteiger partial charge in [-0.05, 0) is 24.3 Å². The lowest BCUT2D eigenvalue weighted by atomic mass is 10.2. The fourth-order valence-electron chi connectivity index (χ4n) is 2.31. The molecule has 0 amide bonds. The minimum absolute atomic E-state index is 0.299. The summed E-state index contributed by atoms with van der Waals surface area (Å²) >= 11 is 0. The Kier molecular flexibility index (Phi) is 2.76. The Bertz CT molecular complexity index is 753. The van der Waals surface area contributed by atoms with Gasteiger partial charge in [-0.2, -0.15) is 0 Å². The second-order valence-corrected chi connectivity index (χ2v) is 4.51. The minimum Gasteiger partial charge on any atom is -0.467 e. The molecule has 0 radical (unpaired) electrons. The van der Waals surface area contributed by atoms with E-state index in [1.165, 1.54) is 6.26 Å². The molecule has 0 bridgehead atoms. The molecule has 3 rings (SSSR count). The van der Waals surface area contributed by atoms with Crippen LogP contribution in [-0.4, -0.2) is 14.2 Å². The van der Waals surface area contributed by atoms with Crippen molar-refractivity contribution in [3.05, 3.63) is 54.0 Å². The van der Waals surface area contributed by atoms with E-state index in [4.69, 9.17) is 9.83 Å². The van der Waals surface area contributed by atoms with Crippen LogP contribution in [0.2, 0.25) is 0 Å². The van der Waals surface area contributed by atoms with E-state index in [9.17, 15) is 5.11 Å². The quantitative estimate of drug-likeness (QED) is 0.751. The first kappa shape index (κ1) is 11.8. The first-order valence-electron chi connectivity index (χ1n) is 6.09. The van der Waals surface area contributed by atoms with E-state index < -0.39 is 6.10 Å². The number of benzene rings is 1. The van der Waals surface area contributed by atoms with E-state index in [0.717, 1.165) is 11.0 Å². The Hall–Kier alpha value is -2.27. The summed E-state index contributed by atoms with van der Waals surface area (Å²) in [5.41, 5.74) is 2.26. The molecule has 0 fully saturated rings.